The first-order chi connectivity index (χ1) is 10.0. The summed E-state index contributed by atoms with van der Waals surface area (Å²) in [7, 11) is 1.38. The zero-order chi connectivity index (χ0) is 15.8. The minimum Gasteiger partial charge on any atom is -1.00 e. The highest BCUT2D eigenvalue weighted by Crippen LogP contribution is 2.24. The van der Waals surface area contributed by atoms with E-state index >= 15 is 0 Å². The molecule has 8 heteroatoms. The molecule has 0 fully saturated rings. The summed E-state index contributed by atoms with van der Waals surface area (Å²) in [6.07, 6.45) is 0. The van der Waals surface area contributed by atoms with Gasteiger partial charge in [0.15, 0.2) is 0 Å². The number of hydrogen-bond acceptors (Lipinski definition) is 5. The van der Waals surface area contributed by atoms with E-state index in [4.69, 9.17) is 4.74 Å². The highest BCUT2D eigenvalue weighted by atomic mass is 35.5. The van der Waals surface area contributed by atoms with Crippen molar-refractivity contribution < 1.29 is 26.9 Å². The van der Waals surface area contributed by atoms with Crippen molar-refractivity contribution in [1.82, 2.24) is 10.2 Å². The average Bonchev–Trinajstić information content (AvgIpc) is 2.50. The number of non-ortho nitro benzene ring substituents is 1. The fraction of sp³-hybridized carbons (Fsp3) is 0.500. The van der Waals surface area contributed by atoms with Crippen LogP contribution in [0.5, 0.6) is 5.75 Å². The van der Waals surface area contributed by atoms with Crippen LogP contribution in [0.1, 0.15) is 24.2 Å². The molecule has 0 spiro atoms. The predicted octanol–water partition coefficient (Wildman–Crippen LogP) is -1.32. The van der Waals surface area contributed by atoms with Crippen molar-refractivity contribution in [2.24, 2.45) is 0 Å². The molecule has 1 aromatic rings. The molecule has 1 aromatic carbocycles. The Labute approximate surface area is 136 Å². The van der Waals surface area contributed by atoms with Crippen LogP contribution in [0.2, 0.25) is 0 Å². The second-order valence-electron chi connectivity index (χ2n) is 4.42. The van der Waals surface area contributed by atoms with Gasteiger partial charge in [-0.05, 0) is 19.2 Å². The molecule has 0 aliphatic heterocycles. The molecule has 1 amide bonds. The van der Waals surface area contributed by atoms with Gasteiger partial charge in [0, 0.05) is 19.2 Å². The summed E-state index contributed by atoms with van der Waals surface area (Å²) in [5.74, 6) is -0.0987. The topological polar surface area (TPSA) is 84.7 Å². The van der Waals surface area contributed by atoms with E-state index in [1.165, 1.54) is 25.3 Å². The zero-order valence-electron chi connectivity index (χ0n) is 13.0. The van der Waals surface area contributed by atoms with Crippen molar-refractivity contribution in [2.75, 3.05) is 33.3 Å². The molecule has 0 radical (unpaired) electrons. The molecule has 124 valence electrons. The molecule has 1 N–H and O–H groups in total. The molecule has 7 nitrogen and oxygen atoms in total. The Morgan fingerprint density at radius 3 is 2.50 bits per heavy atom. The van der Waals surface area contributed by atoms with Crippen molar-refractivity contribution in [3.05, 3.63) is 33.9 Å². The molecule has 0 aliphatic rings. The number of amides is 1. The number of halogens is 1. The number of nitrogens with one attached hydrogen (secondary N) is 1. The number of nitro benzene ring substituents is 1. The third-order valence-corrected chi connectivity index (χ3v) is 3.25. The number of likely N-dealkylation sites (N-methyl/N-ethyl adjacent to an activating group) is 1. The van der Waals surface area contributed by atoms with E-state index in [-0.39, 0.29) is 29.8 Å². The van der Waals surface area contributed by atoms with Gasteiger partial charge in [0.2, 0.25) is 0 Å². The smallest absolute Gasteiger partial charge is 0.273 e. The Kier molecular flexibility index (Phi) is 9.12. The lowest BCUT2D eigenvalue weighted by molar-refractivity contribution is -0.384. The van der Waals surface area contributed by atoms with Crippen LogP contribution in [0, 0.1) is 10.1 Å². The van der Waals surface area contributed by atoms with Crippen LogP contribution in [-0.2, 0) is 0 Å². The summed E-state index contributed by atoms with van der Waals surface area (Å²) in [6, 6.07) is 3.95. The highest BCUT2D eigenvalue weighted by Gasteiger charge is 2.16. The molecule has 22 heavy (non-hydrogen) atoms. The van der Waals surface area contributed by atoms with Gasteiger partial charge >= 0.3 is 0 Å². The van der Waals surface area contributed by atoms with Crippen molar-refractivity contribution in [3.63, 3.8) is 0 Å². The van der Waals surface area contributed by atoms with Crippen molar-refractivity contribution in [3.8, 4) is 5.75 Å². The number of carbonyl (C=O) groups excluding carboxylic acids is 1. The minimum absolute atomic E-state index is 0. The number of nitrogens with zero attached hydrogens (tertiary/aromatic N) is 2. The van der Waals surface area contributed by atoms with Crippen molar-refractivity contribution in [1.29, 1.82) is 0 Å². The van der Waals surface area contributed by atoms with Gasteiger partial charge < -0.3 is 27.4 Å². The molecule has 1 rings (SSSR count). The third kappa shape index (κ3) is 5.50. The van der Waals surface area contributed by atoms with Gasteiger partial charge in [-0.25, -0.2) is 0 Å². The predicted molar refractivity (Wildman–Crippen MR) is 79.8 cm³/mol. The van der Waals surface area contributed by atoms with Crippen LogP contribution in [0.4, 0.5) is 5.69 Å². The maximum Gasteiger partial charge on any atom is 0.273 e. The summed E-state index contributed by atoms with van der Waals surface area (Å²) in [4.78, 5) is 24.5. The van der Waals surface area contributed by atoms with Crippen molar-refractivity contribution in [2.45, 2.75) is 13.8 Å². The molecule has 0 saturated heterocycles. The standard InChI is InChI=1S/C14H21N3O4.ClH/c1-4-16(5-2)9-8-15-14(18)12-7-6-11(17(19)20)10-13(12)21-3;/h6-7,10H,4-5,8-9H2,1-3H3,(H,15,18);1H/p-1. The fourth-order valence-electron chi connectivity index (χ4n) is 1.94. The Balaban J connectivity index is 0.00000441. The zero-order valence-corrected chi connectivity index (χ0v) is 13.7. The van der Waals surface area contributed by atoms with E-state index in [1.807, 2.05) is 0 Å². The third-order valence-electron chi connectivity index (χ3n) is 3.25. The number of nitro groups is 1. The molecule has 0 saturated carbocycles. The number of methoxy groups -OCH3 is 1. The molecule has 0 atom stereocenters. The molecular formula is C14H21ClN3O4-. The molecular weight excluding hydrogens is 310 g/mol. The first-order valence-electron chi connectivity index (χ1n) is 6.86. The maximum absolute atomic E-state index is 12.1. The van der Waals surface area contributed by atoms with Crippen LogP contribution in [0.25, 0.3) is 0 Å². The quantitative estimate of drug-likeness (QED) is 0.472. The highest BCUT2D eigenvalue weighted by molar-refractivity contribution is 5.97. The average molecular weight is 331 g/mol. The fourth-order valence-corrected chi connectivity index (χ4v) is 1.94. The van der Waals surface area contributed by atoms with Crippen LogP contribution in [0.15, 0.2) is 18.2 Å². The lowest BCUT2D eigenvalue weighted by Gasteiger charge is -2.18. The SMILES string of the molecule is CCN(CC)CCNC(=O)c1ccc([N+](=O)[O-])cc1OC.[Cl-]. The van der Waals surface area contributed by atoms with Gasteiger partial charge in [-0.3, -0.25) is 14.9 Å². The Morgan fingerprint density at radius 1 is 1.36 bits per heavy atom. The van der Waals surface area contributed by atoms with Crippen LogP contribution in [-0.4, -0.2) is 49.0 Å². The molecule has 0 unspecified atom stereocenters. The maximum atomic E-state index is 12.1. The van der Waals surface area contributed by atoms with Crippen LogP contribution >= 0.6 is 0 Å². The number of carbonyl (C=O) groups is 1. The van der Waals surface area contributed by atoms with E-state index in [9.17, 15) is 14.9 Å². The normalized spacial score (nSPS) is 10.0. The molecule has 0 aromatic heterocycles. The van der Waals surface area contributed by atoms with Gasteiger partial charge in [-0.2, -0.15) is 0 Å². The number of hydrogen-bond donors (Lipinski definition) is 1. The second-order valence-corrected chi connectivity index (χ2v) is 4.42. The molecule has 0 bridgehead atoms. The van der Waals surface area contributed by atoms with Gasteiger partial charge in [-0.15, -0.1) is 0 Å². The summed E-state index contributed by atoms with van der Waals surface area (Å²) in [5.41, 5.74) is 0.189. The number of ether oxygens (including phenoxy) is 1. The molecule has 0 heterocycles. The molecule has 0 aliphatic carbocycles. The monoisotopic (exact) mass is 330 g/mol. The Hall–Kier alpha value is -1.86. The van der Waals surface area contributed by atoms with E-state index in [0.29, 0.717) is 12.1 Å². The van der Waals surface area contributed by atoms with E-state index < -0.39 is 4.92 Å². The minimum atomic E-state index is -0.523. The second kappa shape index (κ2) is 9.97. The van der Waals surface area contributed by atoms with Gasteiger partial charge in [0.1, 0.15) is 5.75 Å². The summed E-state index contributed by atoms with van der Waals surface area (Å²) in [5, 5.41) is 13.5. The number of benzene rings is 1. The van der Waals surface area contributed by atoms with Crippen molar-refractivity contribution >= 4 is 11.6 Å². The van der Waals surface area contributed by atoms with Crippen LogP contribution in [0.3, 0.4) is 0 Å². The summed E-state index contributed by atoms with van der Waals surface area (Å²) < 4.78 is 5.05. The summed E-state index contributed by atoms with van der Waals surface area (Å²) in [6.45, 7) is 7.24. The van der Waals surface area contributed by atoms with Gasteiger partial charge in [0.05, 0.1) is 23.7 Å². The van der Waals surface area contributed by atoms with E-state index in [2.05, 4.69) is 24.1 Å². The van der Waals surface area contributed by atoms with Gasteiger partial charge in [0.25, 0.3) is 11.6 Å². The lowest BCUT2D eigenvalue weighted by Crippen LogP contribution is -3.00. The Morgan fingerprint density at radius 2 is 2.00 bits per heavy atom. The van der Waals surface area contributed by atoms with E-state index in [1.54, 1.807) is 0 Å². The first-order valence-corrected chi connectivity index (χ1v) is 6.86. The van der Waals surface area contributed by atoms with Crippen LogP contribution < -0.4 is 22.5 Å². The largest absolute Gasteiger partial charge is 1.00 e. The van der Waals surface area contributed by atoms with E-state index in [0.717, 1.165) is 19.6 Å². The summed E-state index contributed by atoms with van der Waals surface area (Å²) >= 11 is 0. The lowest BCUT2D eigenvalue weighted by atomic mass is 10.1. The Bertz CT molecular complexity index is 507. The number of rotatable bonds is 8. The van der Waals surface area contributed by atoms with Gasteiger partial charge in [-0.1, -0.05) is 13.8 Å². The first kappa shape index (κ1) is 20.1.